The molecule has 0 saturated heterocycles. The number of carboxylic acids is 2. The molecule has 10 heteroatoms. The molecule has 0 amide bonds. The van der Waals surface area contributed by atoms with Crippen molar-refractivity contribution in [3.8, 4) is 0 Å². The van der Waals surface area contributed by atoms with E-state index in [9.17, 15) is 19.2 Å². The molecule has 1 aliphatic rings. The quantitative estimate of drug-likeness (QED) is 0.359. The van der Waals surface area contributed by atoms with Crippen LogP contribution in [-0.2, 0) is 30.3 Å². The van der Waals surface area contributed by atoms with Crippen LogP contribution < -0.4 is 11.5 Å². The highest BCUT2D eigenvalue weighted by molar-refractivity contribution is 5.89. The third kappa shape index (κ3) is 13.0. The van der Waals surface area contributed by atoms with Crippen LogP contribution >= 0.6 is 0 Å². The maximum absolute atomic E-state index is 11.9. The largest absolute Gasteiger partial charge is 0.480 e. The lowest BCUT2D eigenvalue weighted by Crippen LogP contribution is -2.35. The van der Waals surface area contributed by atoms with Crippen LogP contribution in [0.2, 0.25) is 0 Å². The fraction of sp³-hybridized carbons (Fsp3) is 0.643. The van der Waals surface area contributed by atoms with Gasteiger partial charge in [-0.15, -0.1) is 0 Å². The monoisotopic (exact) mass is 536 g/mol. The second-order valence-electron chi connectivity index (χ2n) is 11.8. The van der Waals surface area contributed by atoms with Crippen molar-refractivity contribution in [1.29, 1.82) is 0 Å². The second-order valence-corrected chi connectivity index (χ2v) is 11.8. The van der Waals surface area contributed by atoms with Gasteiger partial charge in [-0.25, -0.2) is 4.79 Å². The number of esters is 2. The summed E-state index contributed by atoms with van der Waals surface area (Å²) in [5.74, 6) is -2.26. The van der Waals surface area contributed by atoms with Gasteiger partial charge < -0.3 is 31.2 Å². The van der Waals surface area contributed by atoms with Gasteiger partial charge in [0.2, 0.25) is 0 Å². The number of carbonyl (C=O) groups is 4. The summed E-state index contributed by atoms with van der Waals surface area (Å²) in [7, 11) is 0. The Balaban J connectivity index is 0.000000380. The lowest BCUT2D eigenvalue weighted by atomic mass is 9.79. The van der Waals surface area contributed by atoms with Crippen molar-refractivity contribution in [2.24, 2.45) is 23.3 Å². The zero-order chi connectivity index (χ0) is 29.3. The molecule has 10 nitrogen and oxygen atoms in total. The van der Waals surface area contributed by atoms with Gasteiger partial charge in [-0.05, 0) is 104 Å². The molecule has 1 aromatic carbocycles. The van der Waals surface area contributed by atoms with Crippen LogP contribution in [0.5, 0.6) is 0 Å². The molecule has 1 saturated carbocycles. The van der Waals surface area contributed by atoms with E-state index in [2.05, 4.69) is 0 Å². The van der Waals surface area contributed by atoms with E-state index in [1.54, 1.807) is 45.0 Å². The van der Waals surface area contributed by atoms with Crippen molar-refractivity contribution in [2.45, 2.75) is 103 Å². The number of rotatable bonds is 8. The van der Waals surface area contributed by atoms with Gasteiger partial charge in [0, 0.05) is 0 Å². The van der Waals surface area contributed by atoms with E-state index in [1.165, 1.54) is 0 Å². The maximum atomic E-state index is 11.9. The van der Waals surface area contributed by atoms with Crippen molar-refractivity contribution in [3.05, 3.63) is 35.4 Å². The highest BCUT2D eigenvalue weighted by Gasteiger charge is 2.31. The molecular formula is C28H44N2O8. The maximum Gasteiger partial charge on any atom is 0.338 e. The molecule has 0 spiro atoms. The molecular weight excluding hydrogens is 492 g/mol. The van der Waals surface area contributed by atoms with Gasteiger partial charge >= 0.3 is 23.9 Å². The Morgan fingerprint density at radius 3 is 1.71 bits per heavy atom. The lowest BCUT2D eigenvalue weighted by Gasteiger charge is -2.30. The molecule has 0 aromatic heterocycles. The minimum Gasteiger partial charge on any atom is -0.480 e. The highest BCUT2D eigenvalue weighted by Crippen LogP contribution is 2.32. The van der Waals surface area contributed by atoms with E-state index in [-0.39, 0.29) is 18.3 Å². The van der Waals surface area contributed by atoms with Crippen LogP contribution in [-0.4, -0.2) is 57.4 Å². The molecule has 1 aliphatic carbocycles. The Bertz CT molecular complexity index is 939. The predicted octanol–water partition coefficient (Wildman–Crippen LogP) is 3.53. The molecule has 0 unspecified atom stereocenters. The highest BCUT2D eigenvalue weighted by atomic mass is 16.6. The summed E-state index contributed by atoms with van der Waals surface area (Å²) in [6.07, 6.45) is 3.97. The fourth-order valence-electron chi connectivity index (χ4n) is 3.93. The SMILES string of the molecule is CC(C)(C)OC(=O)C1CCC(C[C@H](N)C(=O)O)CC1.CC(C)(C)OC(=O)c1ccc(C[C@H](N)C(=O)O)cc1. The number of hydrogen-bond donors (Lipinski definition) is 4. The van der Waals surface area contributed by atoms with Crippen molar-refractivity contribution < 1.29 is 38.9 Å². The number of carboxylic acid groups (broad SMARTS) is 2. The standard InChI is InChI=1S/C14H25NO4.C14H19NO4/c2*1-14(2,3)19-13(18)10-6-4-9(5-7-10)8-11(15)12(16)17/h9-11H,4-8,15H2,1-3H3,(H,16,17);4-7,11H,8,15H2,1-3H3,(H,16,17)/t9?,10?,11-;11-/m00/s1. The minimum absolute atomic E-state index is 0.0449. The van der Waals surface area contributed by atoms with Crippen molar-refractivity contribution >= 4 is 23.9 Å². The van der Waals surface area contributed by atoms with E-state index < -0.39 is 41.2 Å². The number of benzene rings is 1. The molecule has 1 fully saturated rings. The van der Waals surface area contributed by atoms with Crippen LogP contribution in [0.25, 0.3) is 0 Å². The van der Waals surface area contributed by atoms with Gasteiger partial charge in [0.15, 0.2) is 0 Å². The normalized spacial score (nSPS) is 19.3. The van der Waals surface area contributed by atoms with Crippen LogP contribution in [0, 0.1) is 11.8 Å². The van der Waals surface area contributed by atoms with E-state index >= 15 is 0 Å². The van der Waals surface area contributed by atoms with Crippen molar-refractivity contribution in [1.82, 2.24) is 0 Å². The third-order valence-electron chi connectivity index (χ3n) is 5.85. The molecule has 0 radical (unpaired) electrons. The third-order valence-corrected chi connectivity index (χ3v) is 5.85. The fourth-order valence-corrected chi connectivity index (χ4v) is 3.93. The lowest BCUT2D eigenvalue weighted by molar-refractivity contribution is -0.161. The van der Waals surface area contributed by atoms with Gasteiger partial charge in [0.1, 0.15) is 23.3 Å². The summed E-state index contributed by atoms with van der Waals surface area (Å²) in [6.45, 7) is 11.0. The Labute approximate surface area is 225 Å². The zero-order valence-corrected chi connectivity index (χ0v) is 23.4. The minimum atomic E-state index is -1.05. The number of ether oxygens (including phenoxy) is 2. The Morgan fingerprint density at radius 1 is 0.816 bits per heavy atom. The first-order valence-corrected chi connectivity index (χ1v) is 12.9. The summed E-state index contributed by atoms with van der Waals surface area (Å²) in [5, 5.41) is 17.5. The first-order valence-electron chi connectivity index (χ1n) is 12.9. The van der Waals surface area contributed by atoms with E-state index in [0.717, 1.165) is 31.2 Å². The summed E-state index contributed by atoms with van der Waals surface area (Å²) < 4.78 is 10.6. The summed E-state index contributed by atoms with van der Waals surface area (Å²) in [6, 6.07) is 4.86. The van der Waals surface area contributed by atoms with E-state index in [4.69, 9.17) is 31.2 Å². The van der Waals surface area contributed by atoms with Crippen LogP contribution in [0.15, 0.2) is 24.3 Å². The number of nitrogens with two attached hydrogens (primary N) is 2. The molecule has 214 valence electrons. The van der Waals surface area contributed by atoms with Crippen molar-refractivity contribution in [3.63, 3.8) is 0 Å². The molecule has 2 atom stereocenters. The van der Waals surface area contributed by atoms with Crippen LogP contribution in [0.3, 0.4) is 0 Å². The molecule has 6 N–H and O–H groups in total. The van der Waals surface area contributed by atoms with Gasteiger partial charge in [0.05, 0.1) is 11.5 Å². The number of hydrogen-bond acceptors (Lipinski definition) is 8. The second kappa shape index (κ2) is 14.2. The molecule has 0 aliphatic heterocycles. The average molecular weight is 537 g/mol. The first-order chi connectivity index (χ1) is 17.4. The van der Waals surface area contributed by atoms with Crippen LogP contribution in [0.4, 0.5) is 0 Å². The molecule has 0 heterocycles. The summed E-state index contributed by atoms with van der Waals surface area (Å²) in [5.41, 5.74) is 11.2. The Kier molecular flexibility index (Phi) is 12.4. The van der Waals surface area contributed by atoms with Crippen LogP contribution in [0.1, 0.15) is 89.6 Å². The zero-order valence-electron chi connectivity index (χ0n) is 23.4. The summed E-state index contributed by atoms with van der Waals surface area (Å²) >= 11 is 0. The molecule has 2 rings (SSSR count). The molecule has 38 heavy (non-hydrogen) atoms. The molecule has 1 aromatic rings. The van der Waals surface area contributed by atoms with Gasteiger partial charge in [0.25, 0.3) is 0 Å². The Hall–Kier alpha value is -2.98. The van der Waals surface area contributed by atoms with Gasteiger partial charge in [-0.2, -0.15) is 0 Å². The van der Waals surface area contributed by atoms with Gasteiger partial charge in [-0.3, -0.25) is 14.4 Å². The smallest absolute Gasteiger partial charge is 0.338 e. The van der Waals surface area contributed by atoms with E-state index in [1.807, 2.05) is 20.8 Å². The topological polar surface area (TPSA) is 179 Å². The first kappa shape index (κ1) is 33.0. The Morgan fingerprint density at radius 2 is 1.29 bits per heavy atom. The molecule has 0 bridgehead atoms. The van der Waals surface area contributed by atoms with Gasteiger partial charge in [-0.1, -0.05) is 12.1 Å². The predicted molar refractivity (Wildman–Crippen MR) is 142 cm³/mol. The van der Waals surface area contributed by atoms with E-state index in [0.29, 0.717) is 17.9 Å². The number of aliphatic carboxylic acids is 2. The average Bonchev–Trinajstić information content (AvgIpc) is 2.78. The number of carbonyl (C=O) groups excluding carboxylic acids is 2. The van der Waals surface area contributed by atoms with Crippen molar-refractivity contribution in [2.75, 3.05) is 0 Å². The summed E-state index contributed by atoms with van der Waals surface area (Å²) in [4.78, 5) is 45.0.